The van der Waals surface area contributed by atoms with Crippen LogP contribution in [0.5, 0.6) is 0 Å². The maximum Gasteiger partial charge on any atom is 0.306 e. The molecule has 4 nitrogen and oxygen atoms in total. The average molecular weight is 351 g/mol. The standard InChI is InChI=1S/C22H25NO3/c1-23(21(24)17-11-7-12-18(14-17)22(25)26)15-19-10-5-6-13-20(19)16-8-3-2-4-9-16/h2-6,8-10,13,17-18H,7,11-12,14-15H2,1H3,(H,25,26). The van der Waals surface area contributed by atoms with Gasteiger partial charge in [-0.25, -0.2) is 0 Å². The van der Waals surface area contributed by atoms with Crippen LogP contribution in [0.15, 0.2) is 54.6 Å². The number of hydrogen-bond donors (Lipinski definition) is 1. The van der Waals surface area contributed by atoms with Crippen molar-refractivity contribution in [3.05, 3.63) is 60.2 Å². The van der Waals surface area contributed by atoms with E-state index in [1.54, 1.807) is 4.90 Å². The highest BCUT2D eigenvalue weighted by Crippen LogP contribution is 2.31. The van der Waals surface area contributed by atoms with Gasteiger partial charge in [0.05, 0.1) is 5.92 Å². The number of amides is 1. The predicted molar refractivity (Wildman–Crippen MR) is 101 cm³/mol. The topological polar surface area (TPSA) is 57.6 Å². The molecule has 2 aromatic carbocycles. The fourth-order valence-electron chi connectivity index (χ4n) is 3.84. The van der Waals surface area contributed by atoms with Gasteiger partial charge in [0.1, 0.15) is 0 Å². The van der Waals surface area contributed by atoms with E-state index in [0.717, 1.165) is 29.5 Å². The van der Waals surface area contributed by atoms with Crippen LogP contribution in [0.3, 0.4) is 0 Å². The second kappa shape index (κ2) is 8.17. The Labute approximate surface area is 154 Å². The van der Waals surface area contributed by atoms with Gasteiger partial charge in [-0.3, -0.25) is 9.59 Å². The Kier molecular flexibility index (Phi) is 5.71. The van der Waals surface area contributed by atoms with Gasteiger partial charge in [0.15, 0.2) is 0 Å². The number of rotatable bonds is 5. The average Bonchev–Trinajstić information content (AvgIpc) is 2.68. The summed E-state index contributed by atoms with van der Waals surface area (Å²) >= 11 is 0. The molecule has 3 rings (SSSR count). The van der Waals surface area contributed by atoms with Crippen LogP contribution in [0.4, 0.5) is 0 Å². The minimum absolute atomic E-state index is 0.0545. The normalized spacial score (nSPS) is 19.7. The van der Waals surface area contributed by atoms with Crippen LogP contribution in [0.1, 0.15) is 31.2 Å². The molecule has 0 bridgehead atoms. The van der Waals surface area contributed by atoms with Crippen LogP contribution in [0.25, 0.3) is 11.1 Å². The Hall–Kier alpha value is -2.62. The van der Waals surface area contributed by atoms with Crippen molar-refractivity contribution >= 4 is 11.9 Å². The van der Waals surface area contributed by atoms with Gasteiger partial charge in [-0.15, -0.1) is 0 Å². The number of carboxylic acids is 1. The Morgan fingerprint density at radius 1 is 1.00 bits per heavy atom. The Morgan fingerprint density at radius 3 is 2.38 bits per heavy atom. The van der Waals surface area contributed by atoms with E-state index in [-0.39, 0.29) is 17.7 Å². The van der Waals surface area contributed by atoms with Crippen molar-refractivity contribution in [3.8, 4) is 11.1 Å². The molecule has 0 aliphatic heterocycles. The summed E-state index contributed by atoms with van der Waals surface area (Å²) < 4.78 is 0. The molecule has 2 aromatic rings. The molecule has 0 heterocycles. The van der Waals surface area contributed by atoms with Crippen molar-refractivity contribution in [3.63, 3.8) is 0 Å². The number of benzene rings is 2. The van der Waals surface area contributed by atoms with Crippen LogP contribution in [-0.2, 0) is 16.1 Å². The van der Waals surface area contributed by atoms with Crippen LogP contribution < -0.4 is 0 Å². The third-order valence-corrected chi connectivity index (χ3v) is 5.26. The fraction of sp³-hybridized carbons (Fsp3) is 0.364. The summed E-state index contributed by atoms with van der Waals surface area (Å²) in [5.41, 5.74) is 3.35. The van der Waals surface area contributed by atoms with E-state index in [2.05, 4.69) is 18.2 Å². The first kappa shape index (κ1) is 18.2. The third-order valence-electron chi connectivity index (χ3n) is 5.26. The van der Waals surface area contributed by atoms with Crippen LogP contribution in [0.2, 0.25) is 0 Å². The highest BCUT2D eigenvalue weighted by Gasteiger charge is 2.32. The van der Waals surface area contributed by atoms with E-state index in [0.29, 0.717) is 19.4 Å². The van der Waals surface area contributed by atoms with Crippen molar-refractivity contribution in [1.29, 1.82) is 0 Å². The Morgan fingerprint density at radius 2 is 1.65 bits per heavy atom. The number of hydrogen-bond acceptors (Lipinski definition) is 2. The molecule has 0 radical (unpaired) electrons. The van der Waals surface area contributed by atoms with E-state index < -0.39 is 5.97 Å². The number of carboxylic acid groups (broad SMARTS) is 1. The number of carbonyl (C=O) groups is 2. The van der Waals surface area contributed by atoms with E-state index in [4.69, 9.17) is 0 Å². The maximum absolute atomic E-state index is 12.9. The van der Waals surface area contributed by atoms with Gasteiger partial charge in [-0.1, -0.05) is 61.0 Å². The third kappa shape index (κ3) is 4.13. The lowest BCUT2D eigenvalue weighted by atomic mass is 9.80. The summed E-state index contributed by atoms with van der Waals surface area (Å²) in [6, 6.07) is 18.3. The van der Waals surface area contributed by atoms with Crippen LogP contribution in [-0.4, -0.2) is 28.9 Å². The zero-order chi connectivity index (χ0) is 18.5. The monoisotopic (exact) mass is 351 g/mol. The Balaban J connectivity index is 1.73. The van der Waals surface area contributed by atoms with E-state index in [1.165, 1.54) is 0 Å². The molecular formula is C22H25NO3. The molecule has 2 unspecified atom stereocenters. The van der Waals surface area contributed by atoms with Gasteiger partial charge >= 0.3 is 5.97 Å². The fourth-order valence-corrected chi connectivity index (χ4v) is 3.84. The first-order valence-electron chi connectivity index (χ1n) is 9.17. The summed E-state index contributed by atoms with van der Waals surface area (Å²) in [6.07, 6.45) is 2.73. The highest BCUT2D eigenvalue weighted by atomic mass is 16.4. The molecule has 1 fully saturated rings. The van der Waals surface area contributed by atoms with Crippen molar-refractivity contribution in [2.24, 2.45) is 11.8 Å². The molecule has 1 aliphatic rings. The van der Waals surface area contributed by atoms with E-state index >= 15 is 0 Å². The summed E-state index contributed by atoms with van der Waals surface area (Å²) in [5, 5.41) is 9.25. The molecule has 1 amide bonds. The molecule has 2 atom stereocenters. The van der Waals surface area contributed by atoms with Crippen molar-refractivity contribution in [2.75, 3.05) is 7.05 Å². The van der Waals surface area contributed by atoms with Gasteiger partial charge < -0.3 is 10.0 Å². The molecule has 0 aromatic heterocycles. The minimum Gasteiger partial charge on any atom is -0.481 e. The summed E-state index contributed by atoms with van der Waals surface area (Å²) in [6.45, 7) is 0.526. The largest absolute Gasteiger partial charge is 0.481 e. The number of carbonyl (C=O) groups excluding carboxylic acids is 1. The lowest BCUT2D eigenvalue weighted by molar-refractivity contribution is -0.145. The molecule has 1 aliphatic carbocycles. The minimum atomic E-state index is -0.778. The molecule has 1 saturated carbocycles. The molecule has 0 saturated heterocycles. The summed E-state index contributed by atoms with van der Waals surface area (Å²) in [5.74, 6) is -1.29. The highest BCUT2D eigenvalue weighted by molar-refractivity contribution is 5.80. The SMILES string of the molecule is CN(Cc1ccccc1-c1ccccc1)C(=O)C1CCCC(C(=O)O)C1. The number of nitrogens with zero attached hydrogens (tertiary/aromatic N) is 1. The smallest absolute Gasteiger partial charge is 0.306 e. The van der Waals surface area contributed by atoms with Gasteiger partial charge in [-0.05, 0) is 36.0 Å². The molecule has 136 valence electrons. The first-order valence-corrected chi connectivity index (χ1v) is 9.17. The zero-order valence-electron chi connectivity index (χ0n) is 15.1. The van der Waals surface area contributed by atoms with Gasteiger partial charge in [-0.2, -0.15) is 0 Å². The van der Waals surface area contributed by atoms with Gasteiger partial charge in [0.25, 0.3) is 0 Å². The van der Waals surface area contributed by atoms with Crippen LogP contribution >= 0.6 is 0 Å². The molecule has 1 N–H and O–H groups in total. The molecular weight excluding hydrogens is 326 g/mol. The van der Waals surface area contributed by atoms with E-state index in [9.17, 15) is 14.7 Å². The lowest BCUT2D eigenvalue weighted by Gasteiger charge is -2.29. The van der Waals surface area contributed by atoms with Gasteiger partial charge in [0, 0.05) is 19.5 Å². The molecule has 4 heteroatoms. The first-order chi connectivity index (χ1) is 12.6. The van der Waals surface area contributed by atoms with Crippen molar-refractivity contribution in [2.45, 2.75) is 32.2 Å². The Bertz CT molecular complexity index is 772. The second-order valence-electron chi connectivity index (χ2n) is 7.12. The van der Waals surface area contributed by atoms with Crippen molar-refractivity contribution < 1.29 is 14.7 Å². The van der Waals surface area contributed by atoms with E-state index in [1.807, 2.05) is 43.4 Å². The van der Waals surface area contributed by atoms with Gasteiger partial charge in [0.2, 0.25) is 5.91 Å². The number of aliphatic carboxylic acids is 1. The lowest BCUT2D eigenvalue weighted by Crippen LogP contribution is -2.36. The zero-order valence-corrected chi connectivity index (χ0v) is 15.1. The summed E-state index contributed by atoms with van der Waals surface area (Å²) in [4.78, 5) is 25.9. The molecule has 0 spiro atoms. The van der Waals surface area contributed by atoms with Crippen molar-refractivity contribution in [1.82, 2.24) is 4.90 Å². The van der Waals surface area contributed by atoms with Crippen LogP contribution in [0, 0.1) is 11.8 Å². The second-order valence-corrected chi connectivity index (χ2v) is 7.12. The molecule has 26 heavy (non-hydrogen) atoms. The maximum atomic E-state index is 12.9. The predicted octanol–water partition coefficient (Wildman–Crippen LogP) is 4.20. The summed E-state index contributed by atoms with van der Waals surface area (Å²) in [7, 11) is 1.81. The quantitative estimate of drug-likeness (QED) is 0.878.